The van der Waals surface area contributed by atoms with Gasteiger partial charge in [0.15, 0.2) is 0 Å². The van der Waals surface area contributed by atoms with Crippen molar-refractivity contribution in [3.63, 3.8) is 0 Å². The Morgan fingerprint density at radius 2 is 1.28 bits per heavy atom. The van der Waals surface area contributed by atoms with E-state index in [0.717, 1.165) is 52.4 Å². The zero-order chi connectivity index (χ0) is 25.7. The van der Waals surface area contributed by atoms with E-state index in [0.29, 0.717) is 26.2 Å². The maximum atomic E-state index is 12.8. The van der Waals surface area contributed by atoms with Gasteiger partial charge in [-0.1, -0.05) is 42.5 Å². The molecule has 3 aromatic carbocycles. The van der Waals surface area contributed by atoms with Crippen molar-refractivity contribution < 1.29 is 14.4 Å². The van der Waals surface area contributed by atoms with Gasteiger partial charge >= 0.3 is 0 Å². The zero-order valence-electron chi connectivity index (χ0n) is 21.6. The van der Waals surface area contributed by atoms with Gasteiger partial charge < -0.3 is 9.47 Å². The molecule has 0 bridgehead atoms. The van der Waals surface area contributed by atoms with Gasteiger partial charge in [0.05, 0.1) is 27.3 Å². The van der Waals surface area contributed by atoms with E-state index in [9.17, 15) is 10.1 Å². The molecule has 0 spiro atoms. The molecule has 190 valence electrons. The summed E-state index contributed by atoms with van der Waals surface area (Å²) in [5, 5.41) is 12.8. The first kappa shape index (κ1) is 25.7. The summed E-state index contributed by atoms with van der Waals surface area (Å²) >= 11 is 0. The Morgan fingerprint density at radius 1 is 0.806 bits per heavy atom. The minimum atomic E-state index is -1.24. The average molecular weight is 490 g/mol. The summed E-state index contributed by atoms with van der Waals surface area (Å²) in [6.45, 7) is 7.58. The molecule has 36 heavy (non-hydrogen) atoms. The van der Waals surface area contributed by atoms with E-state index in [1.54, 1.807) is 14.2 Å². The molecule has 0 radical (unpaired) electrons. The van der Waals surface area contributed by atoms with Crippen LogP contribution in [0.1, 0.15) is 27.8 Å². The molecule has 0 saturated carbocycles. The highest BCUT2D eigenvalue weighted by Gasteiger charge is 2.49. The van der Waals surface area contributed by atoms with Gasteiger partial charge in [-0.3, -0.25) is 19.9 Å². The van der Waals surface area contributed by atoms with Crippen LogP contribution in [0.3, 0.4) is 0 Å². The quantitative estimate of drug-likeness (QED) is 0.334. The van der Waals surface area contributed by atoms with Crippen LogP contribution in [0.2, 0.25) is 0 Å². The summed E-state index contributed by atoms with van der Waals surface area (Å²) in [5.41, 5.74) is 4.05. The highest BCUT2D eigenvalue weighted by atomic mass is 16.6. The highest BCUT2D eigenvalue weighted by molar-refractivity contribution is 5.36. The van der Waals surface area contributed by atoms with Gasteiger partial charge in [-0.05, 0) is 60.4 Å². The standard InChI is InChI=1S/C29H35N3O4/c1-22-16-27(35-3)12-10-24(22)18-30-14-15-31(19-25-11-13-28(36-4)17-23(25)2)21-29(20-30,32(33)34)26-8-6-5-7-9-26/h5-13,16-17H,14-15,18-21H2,1-4H3. The van der Waals surface area contributed by atoms with Crippen LogP contribution >= 0.6 is 0 Å². The third-order valence-electron chi connectivity index (χ3n) is 7.25. The van der Waals surface area contributed by atoms with E-state index in [1.807, 2.05) is 54.6 Å². The van der Waals surface area contributed by atoms with Gasteiger partial charge in [0, 0.05) is 36.7 Å². The van der Waals surface area contributed by atoms with Crippen LogP contribution in [0.4, 0.5) is 0 Å². The summed E-state index contributed by atoms with van der Waals surface area (Å²) in [6, 6.07) is 21.5. The molecule has 1 heterocycles. The van der Waals surface area contributed by atoms with Crippen LogP contribution in [0, 0.1) is 24.0 Å². The molecule has 7 heteroatoms. The molecule has 7 nitrogen and oxygen atoms in total. The Bertz CT molecular complexity index is 1130. The van der Waals surface area contributed by atoms with Gasteiger partial charge in [0.1, 0.15) is 11.5 Å². The first-order chi connectivity index (χ1) is 17.3. The number of hydrogen-bond donors (Lipinski definition) is 0. The molecule has 0 aliphatic carbocycles. The summed E-state index contributed by atoms with van der Waals surface area (Å²) in [7, 11) is 3.32. The molecule has 4 rings (SSSR count). The van der Waals surface area contributed by atoms with Crippen molar-refractivity contribution in [2.24, 2.45) is 0 Å². The first-order valence-corrected chi connectivity index (χ1v) is 12.3. The van der Waals surface area contributed by atoms with E-state index in [1.165, 1.54) is 0 Å². The minimum absolute atomic E-state index is 0.0740. The van der Waals surface area contributed by atoms with E-state index >= 15 is 0 Å². The molecular weight excluding hydrogens is 454 g/mol. The monoisotopic (exact) mass is 489 g/mol. The van der Waals surface area contributed by atoms with Crippen molar-refractivity contribution in [1.29, 1.82) is 0 Å². The second-order valence-electron chi connectivity index (χ2n) is 9.66. The molecule has 1 aliphatic heterocycles. The van der Waals surface area contributed by atoms with Crippen LogP contribution in [0.5, 0.6) is 11.5 Å². The molecule has 0 aromatic heterocycles. The largest absolute Gasteiger partial charge is 0.497 e. The minimum Gasteiger partial charge on any atom is -0.497 e. The van der Waals surface area contributed by atoms with Gasteiger partial charge in [-0.2, -0.15) is 0 Å². The third kappa shape index (κ3) is 5.53. The number of aryl methyl sites for hydroxylation is 2. The maximum Gasteiger partial charge on any atom is 0.271 e. The summed E-state index contributed by atoms with van der Waals surface area (Å²) < 4.78 is 10.7. The van der Waals surface area contributed by atoms with Crippen molar-refractivity contribution in [2.75, 3.05) is 40.4 Å². The zero-order valence-corrected chi connectivity index (χ0v) is 21.6. The lowest BCUT2D eigenvalue weighted by Gasteiger charge is -2.31. The van der Waals surface area contributed by atoms with E-state index in [-0.39, 0.29) is 4.92 Å². The van der Waals surface area contributed by atoms with Crippen molar-refractivity contribution >= 4 is 0 Å². The number of nitrogens with zero attached hydrogens (tertiary/aromatic N) is 3. The SMILES string of the molecule is COc1ccc(CN2CCN(Cc3ccc(OC)cc3C)CC(c3ccccc3)([N+](=O)[O-])C2)c(C)c1. The fourth-order valence-corrected chi connectivity index (χ4v) is 5.08. The molecule has 1 fully saturated rings. The molecule has 1 saturated heterocycles. The summed E-state index contributed by atoms with van der Waals surface area (Å²) in [6.07, 6.45) is 0. The Hall–Kier alpha value is -3.42. The second kappa shape index (κ2) is 11.1. The van der Waals surface area contributed by atoms with Crippen LogP contribution in [-0.4, -0.2) is 55.1 Å². The van der Waals surface area contributed by atoms with Crippen LogP contribution in [0.25, 0.3) is 0 Å². The molecule has 3 aromatic rings. The lowest BCUT2D eigenvalue weighted by Crippen LogP contribution is -2.50. The third-order valence-corrected chi connectivity index (χ3v) is 7.25. The number of hydrogen-bond acceptors (Lipinski definition) is 6. The number of methoxy groups -OCH3 is 2. The van der Waals surface area contributed by atoms with Crippen LogP contribution in [-0.2, 0) is 18.6 Å². The van der Waals surface area contributed by atoms with Crippen molar-refractivity contribution in [3.8, 4) is 11.5 Å². The smallest absolute Gasteiger partial charge is 0.271 e. The Balaban J connectivity index is 1.67. The maximum absolute atomic E-state index is 12.8. The number of rotatable bonds is 8. The molecule has 1 aliphatic rings. The normalized spacial score (nSPS) is 16.3. The van der Waals surface area contributed by atoms with Gasteiger partial charge in [0.25, 0.3) is 5.54 Å². The van der Waals surface area contributed by atoms with Gasteiger partial charge in [-0.25, -0.2) is 0 Å². The van der Waals surface area contributed by atoms with Crippen molar-refractivity contribution in [2.45, 2.75) is 32.5 Å². The van der Waals surface area contributed by atoms with Crippen molar-refractivity contribution in [3.05, 3.63) is 105 Å². The van der Waals surface area contributed by atoms with Gasteiger partial charge in [-0.15, -0.1) is 0 Å². The lowest BCUT2D eigenvalue weighted by atomic mass is 9.89. The number of nitro groups is 1. The molecular formula is C29H35N3O4. The molecule has 0 amide bonds. The van der Waals surface area contributed by atoms with E-state index in [4.69, 9.17) is 9.47 Å². The van der Waals surface area contributed by atoms with Gasteiger partial charge in [0.2, 0.25) is 0 Å². The molecule has 0 atom stereocenters. The van der Waals surface area contributed by atoms with Crippen LogP contribution in [0.15, 0.2) is 66.7 Å². The average Bonchev–Trinajstić information content (AvgIpc) is 3.07. The Kier molecular flexibility index (Phi) is 7.91. The highest BCUT2D eigenvalue weighted by Crippen LogP contribution is 2.32. The number of ether oxygens (including phenoxy) is 2. The van der Waals surface area contributed by atoms with E-state index < -0.39 is 5.54 Å². The predicted molar refractivity (Wildman–Crippen MR) is 141 cm³/mol. The fraction of sp³-hybridized carbons (Fsp3) is 0.379. The second-order valence-corrected chi connectivity index (χ2v) is 9.66. The summed E-state index contributed by atoms with van der Waals surface area (Å²) in [4.78, 5) is 17.2. The predicted octanol–water partition coefficient (Wildman–Crippen LogP) is 4.81. The number of benzene rings is 3. The lowest BCUT2D eigenvalue weighted by molar-refractivity contribution is -0.579. The first-order valence-electron chi connectivity index (χ1n) is 12.3. The van der Waals surface area contributed by atoms with E-state index in [2.05, 4.69) is 35.8 Å². The molecule has 0 unspecified atom stereocenters. The topological polar surface area (TPSA) is 68.1 Å². The summed E-state index contributed by atoms with van der Waals surface area (Å²) in [5.74, 6) is 1.63. The Morgan fingerprint density at radius 3 is 1.67 bits per heavy atom. The van der Waals surface area contributed by atoms with Crippen molar-refractivity contribution in [1.82, 2.24) is 9.80 Å². The fourth-order valence-electron chi connectivity index (χ4n) is 5.08. The Labute approximate surface area is 213 Å². The van der Waals surface area contributed by atoms with Crippen LogP contribution < -0.4 is 9.47 Å². The molecule has 0 N–H and O–H groups in total.